The number of esters is 1. The van der Waals surface area contributed by atoms with Crippen molar-refractivity contribution in [2.45, 2.75) is 52.1 Å². The van der Waals surface area contributed by atoms with Gasteiger partial charge in [-0.2, -0.15) is 0 Å². The Labute approximate surface area is 181 Å². The van der Waals surface area contributed by atoms with Crippen molar-refractivity contribution in [2.75, 3.05) is 13.2 Å². The first kappa shape index (κ1) is 23.2. The molecule has 2 rings (SSSR count). The van der Waals surface area contributed by atoms with Crippen molar-refractivity contribution >= 4 is 51.8 Å². The van der Waals surface area contributed by atoms with E-state index in [0.717, 1.165) is 42.7 Å². The Morgan fingerprint density at radius 2 is 1.85 bits per heavy atom. The van der Waals surface area contributed by atoms with Gasteiger partial charge in [-0.25, -0.2) is 4.99 Å². The third kappa shape index (κ3) is 7.82. The van der Waals surface area contributed by atoms with Gasteiger partial charge in [-0.15, -0.1) is 24.0 Å². The van der Waals surface area contributed by atoms with Gasteiger partial charge in [0.15, 0.2) is 5.96 Å². The van der Waals surface area contributed by atoms with Crippen molar-refractivity contribution in [3.63, 3.8) is 0 Å². The van der Waals surface area contributed by atoms with E-state index in [-0.39, 0.29) is 35.9 Å². The van der Waals surface area contributed by atoms with Crippen LogP contribution in [0, 0.1) is 5.92 Å². The van der Waals surface area contributed by atoms with E-state index in [0.29, 0.717) is 19.2 Å². The summed E-state index contributed by atoms with van der Waals surface area (Å²) in [7, 11) is 0. The predicted molar refractivity (Wildman–Crippen MR) is 120 cm³/mol. The number of ether oxygens (including phenoxy) is 1. The summed E-state index contributed by atoms with van der Waals surface area (Å²) in [5, 5.41) is 6.81. The number of halogens is 2. The molecular weight excluding hydrogens is 509 g/mol. The minimum absolute atomic E-state index is 0. The van der Waals surface area contributed by atoms with Gasteiger partial charge in [0, 0.05) is 17.1 Å². The van der Waals surface area contributed by atoms with Crippen LogP contribution in [0.2, 0.25) is 0 Å². The Bertz CT molecular complexity index is 573. The topological polar surface area (TPSA) is 62.7 Å². The zero-order chi connectivity index (χ0) is 18.1. The molecule has 1 fully saturated rings. The second-order valence-electron chi connectivity index (χ2n) is 6.27. The maximum Gasteiger partial charge on any atom is 0.308 e. The Balaban J connectivity index is 0.00000338. The molecular formula is C19H29BrIN3O2. The van der Waals surface area contributed by atoms with Crippen LogP contribution in [0.15, 0.2) is 33.7 Å². The molecule has 0 amide bonds. The summed E-state index contributed by atoms with van der Waals surface area (Å²) in [5.41, 5.74) is 1.17. The standard InChI is InChI=1S/C19H28BrN3O2.HI/c1-3-21-19(22-13-14-5-9-16(20)10-6-14)23-17-11-7-15(8-12-17)18(24)25-4-2;/h5-6,9-10,15,17H,3-4,7-8,11-13H2,1-2H3,(H2,21,22,23);1H. The third-order valence-electron chi connectivity index (χ3n) is 4.37. The summed E-state index contributed by atoms with van der Waals surface area (Å²) >= 11 is 3.45. The van der Waals surface area contributed by atoms with Crippen LogP contribution in [0.1, 0.15) is 45.1 Å². The molecule has 26 heavy (non-hydrogen) atoms. The molecule has 0 spiro atoms. The van der Waals surface area contributed by atoms with Gasteiger partial charge in [-0.3, -0.25) is 4.79 Å². The number of carbonyl (C=O) groups excluding carboxylic acids is 1. The Morgan fingerprint density at radius 1 is 1.19 bits per heavy atom. The summed E-state index contributed by atoms with van der Waals surface area (Å²) in [6.07, 6.45) is 3.68. The Hall–Kier alpha value is -0.830. The van der Waals surface area contributed by atoms with Crippen LogP contribution in [-0.4, -0.2) is 31.1 Å². The van der Waals surface area contributed by atoms with E-state index in [9.17, 15) is 4.79 Å². The molecule has 0 aliphatic heterocycles. The van der Waals surface area contributed by atoms with Gasteiger partial charge < -0.3 is 15.4 Å². The molecule has 7 heteroatoms. The fourth-order valence-corrected chi connectivity index (χ4v) is 3.27. The average Bonchev–Trinajstić information content (AvgIpc) is 2.62. The normalized spacial score (nSPS) is 20.0. The molecule has 1 saturated carbocycles. The monoisotopic (exact) mass is 537 g/mol. The molecule has 0 bridgehead atoms. The SMILES string of the molecule is CCNC(=NCc1ccc(Br)cc1)NC1CCC(C(=O)OCC)CC1.I. The molecule has 146 valence electrons. The molecule has 0 heterocycles. The fraction of sp³-hybridized carbons (Fsp3) is 0.579. The van der Waals surface area contributed by atoms with Crippen molar-refractivity contribution in [1.82, 2.24) is 10.6 Å². The highest BCUT2D eigenvalue weighted by atomic mass is 127. The Kier molecular flexibility index (Phi) is 11.2. The second kappa shape index (κ2) is 12.5. The van der Waals surface area contributed by atoms with E-state index in [1.165, 1.54) is 5.56 Å². The lowest BCUT2D eigenvalue weighted by Gasteiger charge is -2.29. The van der Waals surface area contributed by atoms with Crippen molar-refractivity contribution in [3.8, 4) is 0 Å². The van der Waals surface area contributed by atoms with Crippen LogP contribution in [0.3, 0.4) is 0 Å². The molecule has 0 atom stereocenters. The lowest BCUT2D eigenvalue weighted by atomic mass is 9.86. The molecule has 1 aromatic rings. The molecule has 0 unspecified atom stereocenters. The van der Waals surface area contributed by atoms with Crippen LogP contribution in [-0.2, 0) is 16.1 Å². The molecule has 1 aromatic carbocycles. The van der Waals surface area contributed by atoms with E-state index in [2.05, 4.69) is 50.6 Å². The van der Waals surface area contributed by atoms with E-state index >= 15 is 0 Å². The number of hydrogen-bond acceptors (Lipinski definition) is 3. The van der Waals surface area contributed by atoms with Crippen molar-refractivity contribution in [2.24, 2.45) is 10.9 Å². The molecule has 0 radical (unpaired) electrons. The minimum atomic E-state index is -0.0447. The maximum atomic E-state index is 11.8. The zero-order valence-electron chi connectivity index (χ0n) is 15.5. The smallest absolute Gasteiger partial charge is 0.308 e. The number of nitrogens with one attached hydrogen (secondary N) is 2. The quantitative estimate of drug-likeness (QED) is 0.246. The maximum absolute atomic E-state index is 11.8. The van der Waals surface area contributed by atoms with E-state index < -0.39 is 0 Å². The predicted octanol–water partition coefficient (Wildman–Crippen LogP) is 4.24. The number of benzene rings is 1. The number of carbonyl (C=O) groups is 1. The number of rotatable bonds is 6. The van der Waals surface area contributed by atoms with Crippen LogP contribution in [0.4, 0.5) is 0 Å². The van der Waals surface area contributed by atoms with Gasteiger partial charge in [0.25, 0.3) is 0 Å². The molecule has 5 nitrogen and oxygen atoms in total. The highest BCUT2D eigenvalue weighted by Gasteiger charge is 2.27. The van der Waals surface area contributed by atoms with E-state index in [1.807, 2.05) is 19.1 Å². The van der Waals surface area contributed by atoms with Crippen molar-refractivity contribution in [3.05, 3.63) is 34.3 Å². The van der Waals surface area contributed by atoms with Crippen molar-refractivity contribution in [1.29, 1.82) is 0 Å². The highest BCUT2D eigenvalue weighted by molar-refractivity contribution is 14.0. The zero-order valence-corrected chi connectivity index (χ0v) is 19.4. The molecule has 1 aliphatic rings. The summed E-state index contributed by atoms with van der Waals surface area (Å²) in [6.45, 7) is 5.85. The first-order chi connectivity index (χ1) is 12.1. The third-order valence-corrected chi connectivity index (χ3v) is 4.89. The molecule has 0 saturated heterocycles. The van der Waals surface area contributed by atoms with Crippen LogP contribution in [0.5, 0.6) is 0 Å². The summed E-state index contributed by atoms with van der Waals surface area (Å²) < 4.78 is 6.21. The molecule has 1 aliphatic carbocycles. The van der Waals surface area contributed by atoms with E-state index in [4.69, 9.17) is 4.74 Å². The number of guanidine groups is 1. The van der Waals surface area contributed by atoms with Crippen LogP contribution >= 0.6 is 39.9 Å². The minimum Gasteiger partial charge on any atom is -0.466 e. The molecule has 0 aromatic heterocycles. The fourth-order valence-electron chi connectivity index (χ4n) is 3.01. The van der Waals surface area contributed by atoms with Gasteiger partial charge in [-0.1, -0.05) is 28.1 Å². The highest BCUT2D eigenvalue weighted by Crippen LogP contribution is 2.25. The van der Waals surface area contributed by atoms with Gasteiger partial charge in [0.1, 0.15) is 0 Å². The first-order valence-electron chi connectivity index (χ1n) is 9.08. The number of nitrogens with zero attached hydrogens (tertiary/aromatic N) is 1. The lowest BCUT2D eigenvalue weighted by Crippen LogP contribution is -2.45. The number of hydrogen-bond donors (Lipinski definition) is 2. The van der Waals surface area contributed by atoms with Crippen LogP contribution < -0.4 is 10.6 Å². The van der Waals surface area contributed by atoms with Gasteiger partial charge in [-0.05, 0) is 57.2 Å². The summed E-state index contributed by atoms with van der Waals surface area (Å²) in [6, 6.07) is 8.56. The largest absolute Gasteiger partial charge is 0.466 e. The van der Waals surface area contributed by atoms with Gasteiger partial charge >= 0.3 is 5.97 Å². The first-order valence-corrected chi connectivity index (χ1v) is 9.87. The summed E-state index contributed by atoms with van der Waals surface area (Å²) in [5.74, 6) is 0.849. The summed E-state index contributed by atoms with van der Waals surface area (Å²) in [4.78, 5) is 16.5. The van der Waals surface area contributed by atoms with Gasteiger partial charge in [0.2, 0.25) is 0 Å². The van der Waals surface area contributed by atoms with Crippen molar-refractivity contribution < 1.29 is 9.53 Å². The number of aliphatic imine (C=N–C) groups is 1. The average molecular weight is 538 g/mol. The molecule has 2 N–H and O–H groups in total. The Morgan fingerprint density at radius 3 is 2.42 bits per heavy atom. The van der Waals surface area contributed by atoms with E-state index in [1.54, 1.807) is 0 Å². The lowest BCUT2D eigenvalue weighted by molar-refractivity contribution is -0.149. The van der Waals surface area contributed by atoms with Gasteiger partial charge in [0.05, 0.1) is 19.1 Å². The second-order valence-corrected chi connectivity index (χ2v) is 7.18. The van der Waals surface area contributed by atoms with Crippen LogP contribution in [0.25, 0.3) is 0 Å².